The maximum absolute atomic E-state index is 12.4. The van der Waals surface area contributed by atoms with Crippen molar-refractivity contribution in [3.05, 3.63) is 69.0 Å². The van der Waals surface area contributed by atoms with Gasteiger partial charge in [0.05, 0.1) is 5.69 Å². The first-order valence-electron chi connectivity index (χ1n) is 7.70. The summed E-state index contributed by atoms with van der Waals surface area (Å²) in [4.78, 5) is 18.0. The molecule has 1 heterocycles. The second-order valence-corrected chi connectivity index (χ2v) is 7.55. The first-order valence-corrected chi connectivity index (χ1v) is 9.31. The minimum atomic E-state index is -0.131. The zero-order valence-corrected chi connectivity index (χ0v) is 15.9. The third-order valence-electron chi connectivity index (χ3n) is 3.76. The van der Waals surface area contributed by atoms with Crippen LogP contribution in [0.25, 0.3) is 11.3 Å². The number of amides is 1. The van der Waals surface area contributed by atoms with Gasteiger partial charge in [0.25, 0.3) is 5.91 Å². The van der Waals surface area contributed by atoms with Gasteiger partial charge in [-0.05, 0) is 43.2 Å². The first kappa shape index (κ1) is 16.9. The van der Waals surface area contributed by atoms with E-state index in [2.05, 4.69) is 33.2 Å². The molecule has 1 aromatic heterocycles. The Morgan fingerprint density at radius 3 is 2.42 bits per heavy atom. The second-order valence-electron chi connectivity index (χ2n) is 5.44. The van der Waals surface area contributed by atoms with Crippen molar-refractivity contribution in [2.75, 3.05) is 5.32 Å². The summed E-state index contributed by atoms with van der Waals surface area (Å²) in [5, 5.41) is 3.52. The molecule has 0 aliphatic heterocycles. The molecule has 3 rings (SSSR count). The highest BCUT2D eigenvalue weighted by atomic mass is 79.9. The van der Waals surface area contributed by atoms with Crippen LogP contribution in [0.3, 0.4) is 0 Å². The second kappa shape index (κ2) is 7.28. The summed E-state index contributed by atoms with van der Waals surface area (Å²) in [6.45, 7) is 4.11. The zero-order chi connectivity index (χ0) is 17.1. The van der Waals surface area contributed by atoms with Crippen LogP contribution in [-0.4, -0.2) is 10.9 Å². The van der Waals surface area contributed by atoms with Crippen molar-refractivity contribution in [3.8, 4) is 11.3 Å². The van der Waals surface area contributed by atoms with Crippen LogP contribution in [0.4, 0.5) is 5.13 Å². The SMILES string of the molecule is CCc1ccc(C(=O)Nc2nc(-c3ccc(Br)cc3)c(C)s2)cc1. The van der Waals surface area contributed by atoms with E-state index in [0.717, 1.165) is 27.0 Å². The van der Waals surface area contributed by atoms with Crippen molar-refractivity contribution in [2.24, 2.45) is 0 Å². The molecule has 122 valence electrons. The van der Waals surface area contributed by atoms with Crippen LogP contribution in [0.2, 0.25) is 0 Å². The molecule has 0 saturated heterocycles. The normalized spacial score (nSPS) is 10.6. The Labute approximate surface area is 153 Å². The number of thiazole rings is 1. The van der Waals surface area contributed by atoms with Gasteiger partial charge in [-0.3, -0.25) is 10.1 Å². The number of hydrogen-bond acceptors (Lipinski definition) is 3. The van der Waals surface area contributed by atoms with E-state index in [9.17, 15) is 4.79 Å². The molecule has 0 fully saturated rings. The summed E-state index contributed by atoms with van der Waals surface area (Å²) in [5.74, 6) is -0.131. The van der Waals surface area contributed by atoms with E-state index in [1.165, 1.54) is 16.9 Å². The van der Waals surface area contributed by atoms with Crippen LogP contribution in [-0.2, 0) is 6.42 Å². The third-order valence-corrected chi connectivity index (χ3v) is 5.17. The fourth-order valence-electron chi connectivity index (χ4n) is 2.39. The molecule has 5 heteroatoms. The lowest BCUT2D eigenvalue weighted by Crippen LogP contribution is -2.11. The quantitative estimate of drug-likeness (QED) is 0.610. The highest BCUT2D eigenvalue weighted by molar-refractivity contribution is 9.10. The van der Waals surface area contributed by atoms with Gasteiger partial charge in [0.2, 0.25) is 0 Å². The van der Waals surface area contributed by atoms with Gasteiger partial charge in [0.1, 0.15) is 0 Å². The fourth-order valence-corrected chi connectivity index (χ4v) is 3.48. The summed E-state index contributed by atoms with van der Waals surface area (Å²) in [7, 11) is 0. The lowest BCUT2D eigenvalue weighted by molar-refractivity contribution is 0.102. The van der Waals surface area contributed by atoms with E-state index < -0.39 is 0 Å². The molecular formula is C19H17BrN2OS. The summed E-state index contributed by atoms with van der Waals surface area (Å²) in [6, 6.07) is 15.7. The number of aromatic nitrogens is 1. The number of nitrogens with one attached hydrogen (secondary N) is 1. The number of aryl methyl sites for hydroxylation is 2. The van der Waals surface area contributed by atoms with Gasteiger partial charge >= 0.3 is 0 Å². The average molecular weight is 401 g/mol. The lowest BCUT2D eigenvalue weighted by atomic mass is 10.1. The van der Waals surface area contributed by atoms with Crippen molar-refractivity contribution in [1.82, 2.24) is 4.98 Å². The van der Waals surface area contributed by atoms with Crippen LogP contribution in [0.1, 0.15) is 27.7 Å². The number of hydrogen-bond donors (Lipinski definition) is 1. The molecule has 0 saturated carbocycles. The standard InChI is InChI=1S/C19H17BrN2OS/c1-3-13-4-6-15(7-5-13)18(23)22-19-21-17(12(2)24-19)14-8-10-16(20)11-9-14/h4-11H,3H2,1-2H3,(H,21,22,23). The topological polar surface area (TPSA) is 42.0 Å². The van der Waals surface area contributed by atoms with Crippen molar-refractivity contribution in [2.45, 2.75) is 20.3 Å². The monoisotopic (exact) mass is 400 g/mol. The molecule has 0 aliphatic carbocycles. The smallest absolute Gasteiger partial charge is 0.257 e. The number of halogens is 1. The summed E-state index contributed by atoms with van der Waals surface area (Å²) in [6.07, 6.45) is 0.962. The number of carbonyl (C=O) groups excluding carboxylic acids is 1. The van der Waals surface area contributed by atoms with E-state index in [0.29, 0.717) is 10.7 Å². The largest absolute Gasteiger partial charge is 0.298 e. The number of benzene rings is 2. The highest BCUT2D eigenvalue weighted by Gasteiger charge is 2.13. The third kappa shape index (κ3) is 3.74. The van der Waals surface area contributed by atoms with E-state index in [-0.39, 0.29) is 5.91 Å². The Morgan fingerprint density at radius 1 is 1.12 bits per heavy atom. The summed E-state index contributed by atoms with van der Waals surface area (Å²) < 4.78 is 1.03. The summed E-state index contributed by atoms with van der Waals surface area (Å²) in [5.41, 5.74) is 3.81. The summed E-state index contributed by atoms with van der Waals surface area (Å²) >= 11 is 4.92. The molecule has 3 aromatic rings. The number of rotatable bonds is 4. The molecule has 1 amide bonds. The minimum absolute atomic E-state index is 0.131. The molecule has 3 nitrogen and oxygen atoms in total. The number of nitrogens with zero attached hydrogens (tertiary/aromatic N) is 1. The van der Waals surface area contributed by atoms with Crippen molar-refractivity contribution in [1.29, 1.82) is 0 Å². The van der Waals surface area contributed by atoms with Crippen LogP contribution in [0.15, 0.2) is 53.0 Å². The van der Waals surface area contributed by atoms with E-state index in [1.807, 2.05) is 55.5 Å². The number of carbonyl (C=O) groups is 1. The molecule has 0 spiro atoms. The average Bonchev–Trinajstić information content (AvgIpc) is 2.96. The fraction of sp³-hybridized carbons (Fsp3) is 0.158. The van der Waals surface area contributed by atoms with Crippen molar-refractivity contribution >= 4 is 38.3 Å². The van der Waals surface area contributed by atoms with Gasteiger partial charge in [-0.15, -0.1) is 11.3 Å². The Hall–Kier alpha value is -1.98. The van der Waals surface area contributed by atoms with Crippen molar-refractivity contribution < 1.29 is 4.79 Å². The van der Waals surface area contributed by atoms with Crippen LogP contribution < -0.4 is 5.32 Å². The molecule has 24 heavy (non-hydrogen) atoms. The highest BCUT2D eigenvalue weighted by Crippen LogP contribution is 2.31. The van der Waals surface area contributed by atoms with E-state index in [1.54, 1.807) is 0 Å². The molecule has 0 radical (unpaired) electrons. The molecular weight excluding hydrogens is 384 g/mol. The maximum Gasteiger partial charge on any atom is 0.257 e. The zero-order valence-electron chi connectivity index (χ0n) is 13.5. The molecule has 0 atom stereocenters. The molecule has 0 unspecified atom stereocenters. The van der Waals surface area contributed by atoms with Gasteiger partial charge in [-0.25, -0.2) is 4.98 Å². The van der Waals surface area contributed by atoms with Crippen molar-refractivity contribution in [3.63, 3.8) is 0 Å². The van der Waals surface area contributed by atoms with Gasteiger partial charge in [-0.1, -0.05) is 47.1 Å². The minimum Gasteiger partial charge on any atom is -0.298 e. The molecule has 0 bridgehead atoms. The van der Waals surface area contributed by atoms with Gasteiger partial charge < -0.3 is 0 Å². The lowest BCUT2D eigenvalue weighted by Gasteiger charge is -2.03. The van der Waals surface area contributed by atoms with Gasteiger partial charge in [0, 0.05) is 20.5 Å². The number of anilines is 1. The molecule has 0 aliphatic rings. The van der Waals surface area contributed by atoms with Crippen LogP contribution in [0.5, 0.6) is 0 Å². The maximum atomic E-state index is 12.4. The van der Waals surface area contributed by atoms with Crippen LogP contribution in [0, 0.1) is 6.92 Å². The van der Waals surface area contributed by atoms with Gasteiger partial charge in [-0.2, -0.15) is 0 Å². The first-order chi connectivity index (χ1) is 11.6. The van der Waals surface area contributed by atoms with Crippen LogP contribution >= 0.6 is 27.3 Å². The van der Waals surface area contributed by atoms with E-state index in [4.69, 9.17) is 0 Å². The van der Waals surface area contributed by atoms with Gasteiger partial charge in [0.15, 0.2) is 5.13 Å². The predicted octanol–water partition coefficient (Wildman–Crippen LogP) is 5.70. The molecule has 1 N–H and O–H groups in total. The van der Waals surface area contributed by atoms with E-state index >= 15 is 0 Å². The Balaban J connectivity index is 1.79. The Kier molecular flexibility index (Phi) is 5.11. The Morgan fingerprint density at radius 2 is 1.79 bits per heavy atom. The molecule has 2 aromatic carbocycles. The Bertz CT molecular complexity index is 854. The predicted molar refractivity (Wildman–Crippen MR) is 104 cm³/mol.